The number of fused-ring (bicyclic) bond motifs is 20. The smallest absolute Gasteiger partial charge is 0.237 e. The third-order valence-corrected chi connectivity index (χ3v) is 14.3. The minimum Gasteiger partial charge on any atom is -0.308 e. The van der Waals surface area contributed by atoms with Crippen LogP contribution in [0.5, 0.6) is 0 Å². The van der Waals surface area contributed by atoms with Crippen molar-refractivity contribution in [2.24, 2.45) is 0 Å². The Hall–Kier alpha value is -7.80. The molecule has 0 spiro atoms. The molecule has 9 aromatic carbocycles. The Kier molecular flexibility index (Phi) is 5.74. The van der Waals surface area contributed by atoms with Gasteiger partial charge in [0.25, 0.3) is 0 Å². The van der Waals surface area contributed by atoms with Gasteiger partial charge in [0.2, 0.25) is 5.95 Å². The molecular formula is C54H29N5S. The van der Waals surface area contributed by atoms with Crippen LogP contribution in [0.1, 0.15) is 0 Å². The second-order valence-corrected chi connectivity index (χ2v) is 17.1. The maximum Gasteiger partial charge on any atom is 0.237 e. The molecule has 0 fully saturated rings. The minimum atomic E-state index is 0.659. The van der Waals surface area contributed by atoms with Crippen molar-refractivity contribution in [3.05, 3.63) is 176 Å². The first-order chi connectivity index (χ1) is 29.8. The van der Waals surface area contributed by atoms with Crippen LogP contribution in [0.2, 0.25) is 0 Å². The van der Waals surface area contributed by atoms with Crippen LogP contribution in [0.4, 0.5) is 0 Å². The first-order valence-corrected chi connectivity index (χ1v) is 21.2. The molecule has 0 saturated carbocycles. The molecule has 0 aliphatic heterocycles. The number of benzene rings is 9. The summed E-state index contributed by atoms with van der Waals surface area (Å²) < 4.78 is 9.51. The van der Waals surface area contributed by atoms with Crippen LogP contribution in [0.15, 0.2) is 176 Å². The third kappa shape index (κ3) is 3.74. The van der Waals surface area contributed by atoms with Crippen molar-refractivity contribution in [3.63, 3.8) is 0 Å². The molecule has 0 atom stereocenters. The summed E-state index contributed by atoms with van der Waals surface area (Å²) in [6.45, 7) is 0. The summed E-state index contributed by atoms with van der Waals surface area (Å²) in [6, 6.07) is 64.2. The molecule has 0 bridgehead atoms. The van der Waals surface area contributed by atoms with Gasteiger partial charge in [-0.05, 0) is 64.0 Å². The molecule has 0 unspecified atom stereocenters. The lowest BCUT2D eigenvalue weighted by molar-refractivity contribution is 0.978. The highest BCUT2D eigenvalue weighted by atomic mass is 32.1. The van der Waals surface area contributed by atoms with E-state index in [1.165, 1.54) is 85.9 Å². The topological polar surface area (TPSA) is 40.0 Å². The van der Waals surface area contributed by atoms with E-state index < -0.39 is 0 Å². The lowest BCUT2D eigenvalue weighted by Crippen LogP contribution is -2.06. The van der Waals surface area contributed by atoms with Crippen molar-refractivity contribution < 1.29 is 0 Å². The molecule has 60 heavy (non-hydrogen) atoms. The van der Waals surface area contributed by atoms with Crippen molar-refractivity contribution in [2.45, 2.75) is 0 Å². The molecule has 15 rings (SSSR count). The number of aromatic nitrogens is 5. The van der Waals surface area contributed by atoms with E-state index in [9.17, 15) is 0 Å². The van der Waals surface area contributed by atoms with E-state index in [-0.39, 0.29) is 0 Å². The van der Waals surface area contributed by atoms with E-state index in [0.29, 0.717) is 5.95 Å². The zero-order valence-corrected chi connectivity index (χ0v) is 32.7. The van der Waals surface area contributed by atoms with Crippen LogP contribution in [-0.4, -0.2) is 23.5 Å². The van der Waals surface area contributed by atoms with Crippen LogP contribution in [0, 0.1) is 0 Å². The van der Waals surface area contributed by atoms with Gasteiger partial charge in [-0.1, -0.05) is 133 Å². The average molecular weight is 780 g/mol. The Morgan fingerprint density at radius 2 is 0.933 bits per heavy atom. The van der Waals surface area contributed by atoms with Gasteiger partial charge in [0, 0.05) is 53.2 Å². The van der Waals surface area contributed by atoms with E-state index in [1.54, 1.807) is 11.3 Å². The number of hydrogen-bond acceptors (Lipinski definition) is 3. The molecule has 0 saturated heterocycles. The van der Waals surface area contributed by atoms with Crippen LogP contribution >= 0.6 is 11.3 Å². The highest BCUT2D eigenvalue weighted by molar-refractivity contribution is 7.26. The second kappa shape index (κ2) is 11.0. The molecule has 15 aromatic rings. The molecule has 6 aromatic heterocycles. The molecule has 0 N–H and O–H groups in total. The quantitative estimate of drug-likeness (QED) is 0.175. The first-order valence-electron chi connectivity index (χ1n) is 20.4. The summed E-state index contributed by atoms with van der Waals surface area (Å²) in [5.74, 6) is 1.55. The van der Waals surface area contributed by atoms with Gasteiger partial charge in [-0.25, -0.2) is 4.98 Å². The van der Waals surface area contributed by atoms with Gasteiger partial charge in [-0.2, -0.15) is 4.98 Å². The number of nitrogens with zero attached hydrogens (tertiary/aromatic N) is 5. The Labute approximate surface area is 344 Å². The van der Waals surface area contributed by atoms with Crippen LogP contribution in [0.25, 0.3) is 135 Å². The van der Waals surface area contributed by atoms with Crippen molar-refractivity contribution in [2.75, 3.05) is 0 Å². The van der Waals surface area contributed by atoms with E-state index in [1.807, 2.05) is 0 Å². The van der Waals surface area contributed by atoms with E-state index in [0.717, 1.165) is 43.5 Å². The predicted octanol–water partition coefficient (Wildman–Crippen LogP) is 14.5. The number of para-hydroxylation sites is 3. The van der Waals surface area contributed by atoms with Gasteiger partial charge in [-0.3, -0.25) is 9.13 Å². The summed E-state index contributed by atoms with van der Waals surface area (Å²) in [6.07, 6.45) is 0. The van der Waals surface area contributed by atoms with Crippen LogP contribution in [0.3, 0.4) is 0 Å². The standard InChI is InChI=1S/C54H29N5S/c1-3-15-32-30(13-1)26-28-44-46(32)35-18-6-11-23-42(35)58(44)53-52-49(37-20-8-12-24-45(37)60-52)55-54(56-53)59-40-21-9-5-17-34(40)38-29-39-47-33-16-4-2-14-31(33)25-27-43(47)57-41-22-10-7-19-36(41)48(50(38)59)51(39)57/h1-29H. The lowest BCUT2D eigenvalue weighted by atomic mass is 10.00. The molecule has 0 aliphatic carbocycles. The summed E-state index contributed by atoms with van der Waals surface area (Å²) in [5.41, 5.74) is 9.08. The number of thiophene rings is 1. The van der Waals surface area contributed by atoms with Crippen LogP contribution in [-0.2, 0) is 0 Å². The monoisotopic (exact) mass is 779 g/mol. The van der Waals surface area contributed by atoms with Crippen LogP contribution < -0.4 is 0 Å². The Bertz CT molecular complexity index is 4370. The Morgan fingerprint density at radius 3 is 1.68 bits per heavy atom. The van der Waals surface area contributed by atoms with E-state index in [2.05, 4.69) is 189 Å². The fourth-order valence-electron chi connectivity index (χ4n) is 10.8. The van der Waals surface area contributed by atoms with Gasteiger partial charge < -0.3 is 4.40 Å². The largest absolute Gasteiger partial charge is 0.308 e. The number of rotatable bonds is 2. The van der Waals surface area contributed by atoms with Crippen molar-refractivity contribution in [3.8, 4) is 11.8 Å². The van der Waals surface area contributed by atoms with E-state index >= 15 is 0 Å². The maximum atomic E-state index is 5.79. The fourth-order valence-corrected chi connectivity index (χ4v) is 11.9. The van der Waals surface area contributed by atoms with E-state index in [4.69, 9.17) is 9.97 Å². The predicted molar refractivity (Wildman–Crippen MR) is 253 cm³/mol. The highest BCUT2D eigenvalue weighted by Gasteiger charge is 2.28. The minimum absolute atomic E-state index is 0.659. The summed E-state index contributed by atoms with van der Waals surface area (Å²) in [7, 11) is 0. The van der Waals surface area contributed by atoms with Gasteiger partial charge >= 0.3 is 0 Å². The zero-order chi connectivity index (χ0) is 38.8. The van der Waals surface area contributed by atoms with Gasteiger partial charge in [0.15, 0.2) is 5.82 Å². The summed E-state index contributed by atoms with van der Waals surface area (Å²) in [4.78, 5) is 11.4. The zero-order valence-electron chi connectivity index (χ0n) is 31.9. The first kappa shape index (κ1) is 31.2. The fraction of sp³-hybridized carbons (Fsp3) is 0. The van der Waals surface area contributed by atoms with Crippen molar-refractivity contribution in [1.82, 2.24) is 23.5 Å². The third-order valence-electron chi connectivity index (χ3n) is 13.2. The molecule has 276 valence electrons. The van der Waals surface area contributed by atoms with Gasteiger partial charge in [0.1, 0.15) is 0 Å². The van der Waals surface area contributed by atoms with Crippen molar-refractivity contribution >= 4 is 135 Å². The Morgan fingerprint density at radius 1 is 0.367 bits per heavy atom. The second-order valence-electron chi connectivity index (χ2n) is 16.1. The maximum absolute atomic E-state index is 5.79. The Balaban J connectivity index is 1.16. The molecule has 0 amide bonds. The average Bonchev–Trinajstić information content (AvgIpc) is 4.10. The molecule has 5 nitrogen and oxygen atoms in total. The molecule has 0 aliphatic rings. The summed E-state index contributed by atoms with van der Waals surface area (Å²) in [5, 5.41) is 15.9. The molecule has 6 heteroatoms. The highest BCUT2D eigenvalue weighted by Crippen LogP contribution is 2.48. The van der Waals surface area contributed by atoms with Gasteiger partial charge in [0.05, 0.1) is 48.8 Å². The van der Waals surface area contributed by atoms with Crippen molar-refractivity contribution in [1.29, 1.82) is 0 Å². The lowest BCUT2D eigenvalue weighted by Gasteiger charge is -2.13. The SMILES string of the molecule is c1ccc2c(c1)ccc1c2c2ccccc2n1-c1nc(-n2c3ccccc3c3cc4c5c6ccccc6ccc5n5c6ccccc6c(c32)c45)nc2c1sc1ccccc12. The molecule has 6 heterocycles. The summed E-state index contributed by atoms with van der Waals surface area (Å²) >= 11 is 1.77. The number of hydrogen-bond donors (Lipinski definition) is 0. The molecule has 0 radical (unpaired) electrons. The molecular weight excluding hydrogens is 751 g/mol. The normalized spacial score (nSPS) is 12.7. The van der Waals surface area contributed by atoms with Gasteiger partial charge in [-0.15, -0.1) is 11.3 Å².